The van der Waals surface area contributed by atoms with Crippen LogP contribution in [-0.4, -0.2) is 41.3 Å². The second-order valence-electron chi connectivity index (χ2n) is 4.93. The van der Waals surface area contributed by atoms with Gasteiger partial charge in [0, 0.05) is 19.2 Å². The highest BCUT2D eigenvalue weighted by molar-refractivity contribution is 5.89. The molecule has 1 fully saturated rings. The first-order valence-corrected chi connectivity index (χ1v) is 6.30. The van der Waals surface area contributed by atoms with Crippen LogP contribution in [0.2, 0.25) is 0 Å². The van der Waals surface area contributed by atoms with E-state index in [1.165, 1.54) is 12.1 Å². The van der Waals surface area contributed by atoms with Crippen LogP contribution in [-0.2, 0) is 4.74 Å². The molecule has 108 valence electrons. The van der Waals surface area contributed by atoms with E-state index in [9.17, 15) is 14.9 Å². The van der Waals surface area contributed by atoms with Crippen LogP contribution < -0.4 is 4.90 Å². The predicted molar refractivity (Wildman–Crippen MR) is 72.3 cm³/mol. The largest absolute Gasteiger partial charge is 0.478 e. The number of carbonyl (C=O) groups is 1. The minimum atomic E-state index is -1.18. The average Bonchev–Trinajstić information content (AvgIpc) is 2.36. The average molecular weight is 280 g/mol. The van der Waals surface area contributed by atoms with Gasteiger partial charge < -0.3 is 14.7 Å². The maximum atomic E-state index is 11.2. The first-order valence-electron chi connectivity index (χ1n) is 6.30. The topological polar surface area (TPSA) is 92.9 Å². The monoisotopic (exact) mass is 280 g/mol. The SMILES string of the molecule is C[C@@H]1CN(c2ccc(C(=O)O)cc2[N+](=O)[O-])C[C@H](C)O1. The van der Waals surface area contributed by atoms with E-state index in [-0.39, 0.29) is 23.5 Å². The fourth-order valence-electron chi connectivity index (χ4n) is 2.44. The van der Waals surface area contributed by atoms with Crippen molar-refractivity contribution in [2.75, 3.05) is 18.0 Å². The predicted octanol–water partition coefficient (Wildman–Crippen LogP) is 1.91. The zero-order valence-electron chi connectivity index (χ0n) is 11.3. The molecule has 0 bridgehead atoms. The van der Waals surface area contributed by atoms with Crippen molar-refractivity contribution in [2.24, 2.45) is 0 Å². The molecule has 0 aromatic heterocycles. The van der Waals surface area contributed by atoms with Crippen molar-refractivity contribution in [1.29, 1.82) is 0 Å². The zero-order valence-corrected chi connectivity index (χ0v) is 11.3. The van der Waals surface area contributed by atoms with E-state index in [1.54, 1.807) is 0 Å². The number of anilines is 1. The van der Waals surface area contributed by atoms with Crippen molar-refractivity contribution in [1.82, 2.24) is 0 Å². The van der Waals surface area contributed by atoms with Crippen LogP contribution in [0, 0.1) is 10.1 Å². The quantitative estimate of drug-likeness (QED) is 0.671. The fraction of sp³-hybridized carbons (Fsp3) is 0.462. The van der Waals surface area contributed by atoms with Gasteiger partial charge in [0.05, 0.1) is 22.7 Å². The van der Waals surface area contributed by atoms with Crippen molar-refractivity contribution in [3.05, 3.63) is 33.9 Å². The minimum Gasteiger partial charge on any atom is -0.478 e. The molecule has 7 nitrogen and oxygen atoms in total. The molecule has 0 saturated carbocycles. The van der Waals surface area contributed by atoms with Crippen LogP contribution in [0.1, 0.15) is 24.2 Å². The lowest BCUT2D eigenvalue weighted by Crippen LogP contribution is -2.45. The van der Waals surface area contributed by atoms with Crippen LogP contribution in [0.3, 0.4) is 0 Å². The number of nitro groups is 1. The van der Waals surface area contributed by atoms with Crippen molar-refractivity contribution in [3.63, 3.8) is 0 Å². The number of nitrogens with zero attached hydrogens (tertiary/aromatic N) is 2. The van der Waals surface area contributed by atoms with E-state index in [0.717, 1.165) is 6.07 Å². The van der Waals surface area contributed by atoms with E-state index < -0.39 is 10.9 Å². The van der Waals surface area contributed by atoms with Gasteiger partial charge in [-0.25, -0.2) is 4.79 Å². The number of morpholine rings is 1. The smallest absolute Gasteiger partial charge is 0.335 e. The van der Waals surface area contributed by atoms with Crippen molar-refractivity contribution in [2.45, 2.75) is 26.1 Å². The molecule has 0 radical (unpaired) electrons. The van der Waals surface area contributed by atoms with Crippen LogP contribution in [0.15, 0.2) is 18.2 Å². The lowest BCUT2D eigenvalue weighted by atomic mass is 10.1. The standard InChI is InChI=1S/C13H16N2O5/c1-8-6-14(7-9(2)20-8)11-4-3-10(13(16)17)5-12(11)15(18)19/h3-5,8-9H,6-7H2,1-2H3,(H,16,17)/t8-,9+. The van der Waals surface area contributed by atoms with Crippen molar-refractivity contribution >= 4 is 17.3 Å². The fourth-order valence-corrected chi connectivity index (χ4v) is 2.44. The molecule has 2 rings (SSSR count). The number of benzene rings is 1. The Labute approximate surface area is 115 Å². The van der Waals surface area contributed by atoms with E-state index in [0.29, 0.717) is 18.8 Å². The van der Waals surface area contributed by atoms with Gasteiger partial charge in [0.1, 0.15) is 5.69 Å². The lowest BCUT2D eigenvalue weighted by molar-refractivity contribution is -0.384. The molecule has 1 aliphatic rings. The second-order valence-corrected chi connectivity index (χ2v) is 4.93. The van der Waals surface area contributed by atoms with Gasteiger partial charge in [0.15, 0.2) is 0 Å². The Bertz CT molecular complexity index is 536. The van der Waals surface area contributed by atoms with Gasteiger partial charge in [-0.3, -0.25) is 10.1 Å². The molecule has 1 N–H and O–H groups in total. The number of hydrogen-bond donors (Lipinski definition) is 1. The third-order valence-electron chi connectivity index (χ3n) is 3.18. The Hall–Kier alpha value is -2.15. The first-order chi connectivity index (χ1) is 9.38. The Morgan fingerprint density at radius 3 is 2.50 bits per heavy atom. The summed E-state index contributed by atoms with van der Waals surface area (Å²) in [7, 11) is 0. The summed E-state index contributed by atoms with van der Waals surface area (Å²) in [5.74, 6) is -1.18. The zero-order chi connectivity index (χ0) is 14.9. The molecule has 0 spiro atoms. The Balaban J connectivity index is 2.40. The molecule has 20 heavy (non-hydrogen) atoms. The number of ether oxygens (including phenoxy) is 1. The van der Waals surface area contributed by atoms with Gasteiger partial charge in [0.25, 0.3) is 5.69 Å². The summed E-state index contributed by atoms with van der Waals surface area (Å²) < 4.78 is 5.59. The third-order valence-corrected chi connectivity index (χ3v) is 3.18. The highest BCUT2D eigenvalue weighted by Crippen LogP contribution is 2.31. The van der Waals surface area contributed by atoms with Gasteiger partial charge in [-0.05, 0) is 26.0 Å². The van der Waals surface area contributed by atoms with Crippen LogP contribution in [0.25, 0.3) is 0 Å². The lowest BCUT2D eigenvalue weighted by Gasteiger charge is -2.36. The summed E-state index contributed by atoms with van der Waals surface area (Å²) in [6.45, 7) is 4.88. The van der Waals surface area contributed by atoms with E-state index in [2.05, 4.69) is 0 Å². The Kier molecular flexibility index (Phi) is 3.89. The number of aromatic carboxylic acids is 1. The third kappa shape index (κ3) is 2.88. The van der Waals surface area contributed by atoms with Crippen LogP contribution in [0.5, 0.6) is 0 Å². The number of carboxylic acids is 1. The summed E-state index contributed by atoms with van der Waals surface area (Å²) in [6, 6.07) is 3.98. The molecule has 1 aliphatic heterocycles. The number of nitro benzene ring substituents is 1. The highest BCUT2D eigenvalue weighted by Gasteiger charge is 2.28. The van der Waals surface area contributed by atoms with Gasteiger partial charge in [-0.1, -0.05) is 0 Å². The summed E-state index contributed by atoms with van der Waals surface area (Å²) in [4.78, 5) is 23.4. The molecule has 0 aliphatic carbocycles. The molecule has 1 saturated heterocycles. The number of carboxylic acid groups (broad SMARTS) is 1. The summed E-state index contributed by atoms with van der Waals surface area (Å²) in [5.41, 5.74) is 0.156. The minimum absolute atomic E-state index is 0.0301. The molecule has 0 amide bonds. The van der Waals surface area contributed by atoms with Crippen molar-refractivity contribution < 1.29 is 19.6 Å². The van der Waals surface area contributed by atoms with Gasteiger partial charge >= 0.3 is 5.97 Å². The van der Waals surface area contributed by atoms with Gasteiger partial charge in [0.2, 0.25) is 0 Å². The molecule has 0 unspecified atom stereocenters. The van der Waals surface area contributed by atoms with Crippen molar-refractivity contribution in [3.8, 4) is 0 Å². The number of hydrogen-bond acceptors (Lipinski definition) is 5. The van der Waals surface area contributed by atoms with E-state index >= 15 is 0 Å². The maximum Gasteiger partial charge on any atom is 0.335 e. The molecular formula is C13H16N2O5. The van der Waals surface area contributed by atoms with E-state index in [1.807, 2.05) is 18.7 Å². The Morgan fingerprint density at radius 2 is 2.00 bits per heavy atom. The van der Waals surface area contributed by atoms with Gasteiger partial charge in [-0.15, -0.1) is 0 Å². The normalized spacial score (nSPS) is 22.6. The van der Waals surface area contributed by atoms with Crippen LogP contribution in [0.4, 0.5) is 11.4 Å². The summed E-state index contributed by atoms with van der Waals surface area (Å²) in [6.07, 6.45) is -0.0602. The summed E-state index contributed by atoms with van der Waals surface area (Å²) in [5, 5.41) is 20.1. The molecule has 7 heteroatoms. The molecule has 1 heterocycles. The first kappa shape index (κ1) is 14.3. The van der Waals surface area contributed by atoms with Crippen LogP contribution >= 0.6 is 0 Å². The maximum absolute atomic E-state index is 11.2. The highest BCUT2D eigenvalue weighted by atomic mass is 16.6. The molecule has 1 aromatic carbocycles. The van der Waals surface area contributed by atoms with Gasteiger partial charge in [-0.2, -0.15) is 0 Å². The second kappa shape index (κ2) is 5.46. The molecule has 1 aromatic rings. The summed E-state index contributed by atoms with van der Waals surface area (Å²) >= 11 is 0. The molecular weight excluding hydrogens is 264 g/mol. The number of rotatable bonds is 3. The molecule has 2 atom stereocenters. The Morgan fingerprint density at radius 1 is 1.40 bits per heavy atom. The van der Waals surface area contributed by atoms with E-state index in [4.69, 9.17) is 9.84 Å².